The summed E-state index contributed by atoms with van der Waals surface area (Å²) in [5.41, 5.74) is 0.532. The van der Waals surface area contributed by atoms with E-state index in [1.807, 2.05) is 13.8 Å². The van der Waals surface area contributed by atoms with Crippen LogP contribution >= 0.6 is 12.6 Å². The van der Waals surface area contributed by atoms with Crippen molar-refractivity contribution in [2.45, 2.75) is 18.6 Å². The van der Waals surface area contributed by atoms with Crippen LogP contribution in [0.3, 0.4) is 0 Å². The molecule has 0 aliphatic carbocycles. The Morgan fingerprint density at radius 3 is 2.54 bits per heavy atom. The van der Waals surface area contributed by atoms with Crippen molar-refractivity contribution in [3.05, 3.63) is 30.1 Å². The summed E-state index contributed by atoms with van der Waals surface area (Å²) in [5.74, 6) is -0.222. The van der Waals surface area contributed by atoms with Crippen molar-refractivity contribution in [1.29, 1.82) is 0 Å². The molecular formula is C10H14FNS. The highest BCUT2D eigenvalue weighted by molar-refractivity contribution is 7.81. The van der Waals surface area contributed by atoms with Crippen LogP contribution in [0.25, 0.3) is 0 Å². The Hall–Kier alpha value is -0.700. The zero-order valence-corrected chi connectivity index (χ0v) is 8.74. The molecule has 1 aromatic carbocycles. The second kappa shape index (κ2) is 4.01. The van der Waals surface area contributed by atoms with Gasteiger partial charge in [-0.1, -0.05) is 12.1 Å². The van der Waals surface area contributed by atoms with Crippen molar-refractivity contribution in [2.75, 3.05) is 11.9 Å². The summed E-state index contributed by atoms with van der Waals surface area (Å²) in [6.45, 7) is 4.59. The van der Waals surface area contributed by atoms with Gasteiger partial charge in [0.25, 0.3) is 0 Å². The minimum atomic E-state index is -0.222. The molecule has 0 aliphatic rings. The van der Waals surface area contributed by atoms with Gasteiger partial charge in [-0.3, -0.25) is 0 Å². The fourth-order valence-electron chi connectivity index (χ4n) is 0.916. The van der Waals surface area contributed by atoms with Crippen LogP contribution in [0.4, 0.5) is 10.1 Å². The van der Waals surface area contributed by atoms with Gasteiger partial charge in [0.15, 0.2) is 0 Å². The number of benzene rings is 1. The van der Waals surface area contributed by atoms with E-state index >= 15 is 0 Å². The normalized spacial score (nSPS) is 11.4. The molecule has 13 heavy (non-hydrogen) atoms. The third kappa shape index (κ3) is 3.68. The van der Waals surface area contributed by atoms with Crippen LogP contribution < -0.4 is 5.32 Å². The Labute approximate surface area is 83.8 Å². The molecule has 0 atom stereocenters. The fourth-order valence-corrected chi connectivity index (χ4v) is 0.995. The number of para-hydroxylation sites is 1. The number of hydrogen-bond acceptors (Lipinski definition) is 2. The van der Waals surface area contributed by atoms with E-state index in [4.69, 9.17) is 0 Å². The van der Waals surface area contributed by atoms with Crippen LogP contribution in [0.2, 0.25) is 0 Å². The van der Waals surface area contributed by atoms with Crippen LogP contribution in [0, 0.1) is 5.82 Å². The lowest BCUT2D eigenvalue weighted by atomic mass is 10.2. The average molecular weight is 199 g/mol. The topological polar surface area (TPSA) is 12.0 Å². The molecule has 0 saturated heterocycles. The van der Waals surface area contributed by atoms with E-state index < -0.39 is 0 Å². The summed E-state index contributed by atoms with van der Waals surface area (Å²) in [6.07, 6.45) is 0. The van der Waals surface area contributed by atoms with Crippen molar-refractivity contribution in [3.63, 3.8) is 0 Å². The predicted molar refractivity (Wildman–Crippen MR) is 58.0 cm³/mol. The Balaban J connectivity index is 2.60. The summed E-state index contributed by atoms with van der Waals surface area (Å²) < 4.78 is 12.9. The van der Waals surface area contributed by atoms with Crippen molar-refractivity contribution >= 4 is 18.3 Å². The van der Waals surface area contributed by atoms with Gasteiger partial charge in [0.1, 0.15) is 5.82 Å². The second-order valence-electron chi connectivity index (χ2n) is 3.65. The zero-order chi connectivity index (χ0) is 9.90. The summed E-state index contributed by atoms with van der Waals surface area (Å²) in [6, 6.07) is 6.63. The van der Waals surface area contributed by atoms with Gasteiger partial charge in [0, 0.05) is 11.3 Å². The van der Waals surface area contributed by atoms with Crippen LogP contribution in [0.1, 0.15) is 13.8 Å². The van der Waals surface area contributed by atoms with Gasteiger partial charge in [0.2, 0.25) is 0 Å². The maximum Gasteiger partial charge on any atom is 0.146 e. The number of thiol groups is 1. The minimum Gasteiger partial charge on any atom is -0.381 e. The first-order chi connectivity index (χ1) is 5.99. The molecule has 1 rings (SSSR count). The molecule has 0 amide bonds. The van der Waals surface area contributed by atoms with Gasteiger partial charge in [0.05, 0.1) is 5.69 Å². The summed E-state index contributed by atoms with van der Waals surface area (Å²) in [4.78, 5) is 0. The highest BCUT2D eigenvalue weighted by Gasteiger charge is 2.11. The molecule has 0 heterocycles. The largest absolute Gasteiger partial charge is 0.381 e. The van der Waals surface area contributed by atoms with E-state index in [0.717, 1.165) is 0 Å². The van der Waals surface area contributed by atoms with Crippen LogP contribution in [0.15, 0.2) is 24.3 Å². The number of halogens is 1. The molecule has 1 nitrogen and oxygen atoms in total. The molecule has 0 spiro atoms. The lowest BCUT2D eigenvalue weighted by molar-refractivity contribution is 0.628. The maximum absolute atomic E-state index is 13.1. The van der Waals surface area contributed by atoms with Crippen LogP contribution in [-0.4, -0.2) is 11.3 Å². The third-order valence-corrected chi connectivity index (χ3v) is 1.74. The Bertz CT molecular complexity index is 280. The van der Waals surface area contributed by atoms with E-state index in [9.17, 15) is 4.39 Å². The first kappa shape index (κ1) is 10.4. The average Bonchev–Trinajstić information content (AvgIpc) is 2.01. The van der Waals surface area contributed by atoms with E-state index in [1.54, 1.807) is 18.2 Å². The second-order valence-corrected chi connectivity index (χ2v) is 4.86. The number of rotatable bonds is 3. The molecule has 0 bridgehead atoms. The van der Waals surface area contributed by atoms with Gasteiger partial charge >= 0.3 is 0 Å². The lowest BCUT2D eigenvalue weighted by Crippen LogP contribution is -2.23. The molecule has 0 fully saturated rings. The van der Waals surface area contributed by atoms with E-state index in [-0.39, 0.29) is 10.6 Å². The Morgan fingerprint density at radius 1 is 1.38 bits per heavy atom. The highest BCUT2D eigenvalue weighted by atomic mass is 32.1. The first-order valence-corrected chi connectivity index (χ1v) is 4.64. The molecule has 0 unspecified atom stereocenters. The fraction of sp³-hybridized carbons (Fsp3) is 0.400. The molecule has 1 N–H and O–H groups in total. The number of nitrogens with one attached hydrogen (secondary N) is 1. The SMILES string of the molecule is CC(C)(S)CNc1ccccc1F. The summed E-state index contributed by atoms with van der Waals surface area (Å²) in [7, 11) is 0. The molecule has 0 radical (unpaired) electrons. The number of anilines is 1. The molecule has 0 aromatic heterocycles. The smallest absolute Gasteiger partial charge is 0.146 e. The van der Waals surface area contributed by atoms with Crippen molar-refractivity contribution in [2.24, 2.45) is 0 Å². The van der Waals surface area contributed by atoms with E-state index in [2.05, 4.69) is 17.9 Å². The van der Waals surface area contributed by atoms with Gasteiger partial charge in [-0.2, -0.15) is 12.6 Å². The summed E-state index contributed by atoms with van der Waals surface area (Å²) >= 11 is 4.33. The molecule has 72 valence electrons. The van der Waals surface area contributed by atoms with E-state index in [0.29, 0.717) is 12.2 Å². The van der Waals surface area contributed by atoms with Crippen molar-refractivity contribution < 1.29 is 4.39 Å². The standard InChI is InChI=1S/C10H14FNS/c1-10(2,13)7-12-9-6-4-3-5-8(9)11/h3-6,12-13H,7H2,1-2H3. The molecule has 0 saturated carbocycles. The monoisotopic (exact) mass is 199 g/mol. The molecule has 3 heteroatoms. The van der Waals surface area contributed by atoms with Gasteiger partial charge in [-0.15, -0.1) is 0 Å². The minimum absolute atomic E-state index is 0.137. The quantitative estimate of drug-likeness (QED) is 0.713. The van der Waals surface area contributed by atoms with E-state index in [1.165, 1.54) is 6.07 Å². The highest BCUT2D eigenvalue weighted by Crippen LogP contribution is 2.16. The maximum atomic E-state index is 13.1. The van der Waals surface area contributed by atoms with Gasteiger partial charge < -0.3 is 5.32 Å². The molecular weight excluding hydrogens is 185 g/mol. The van der Waals surface area contributed by atoms with Gasteiger partial charge in [-0.25, -0.2) is 4.39 Å². The van der Waals surface area contributed by atoms with Crippen LogP contribution in [-0.2, 0) is 0 Å². The lowest BCUT2D eigenvalue weighted by Gasteiger charge is -2.18. The van der Waals surface area contributed by atoms with Crippen molar-refractivity contribution in [3.8, 4) is 0 Å². The van der Waals surface area contributed by atoms with Gasteiger partial charge in [-0.05, 0) is 26.0 Å². The zero-order valence-electron chi connectivity index (χ0n) is 7.84. The number of hydrogen-bond donors (Lipinski definition) is 2. The Morgan fingerprint density at radius 2 is 2.00 bits per heavy atom. The molecule has 0 aliphatic heterocycles. The first-order valence-electron chi connectivity index (χ1n) is 4.20. The van der Waals surface area contributed by atoms with Crippen LogP contribution in [0.5, 0.6) is 0 Å². The Kier molecular flexibility index (Phi) is 3.20. The molecule has 1 aromatic rings. The van der Waals surface area contributed by atoms with Crippen molar-refractivity contribution in [1.82, 2.24) is 0 Å². The summed E-state index contributed by atoms with van der Waals surface area (Å²) in [5, 5.41) is 3.00. The third-order valence-electron chi connectivity index (χ3n) is 1.59. The predicted octanol–water partition coefficient (Wildman–Crippen LogP) is 2.95.